The number of aryl methyl sites for hydroxylation is 2. The van der Waals surface area contributed by atoms with E-state index in [2.05, 4.69) is 20.6 Å². The van der Waals surface area contributed by atoms with E-state index in [1.165, 1.54) is 6.33 Å². The number of hydrogen-bond acceptors (Lipinski definition) is 4. The van der Waals surface area contributed by atoms with E-state index in [0.717, 1.165) is 11.4 Å². The lowest BCUT2D eigenvalue weighted by Gasteiger charge is -2.13. The van der Waals surface area contributed by atoms with Gasteiger partial charge in [0.15, 0.2) is 0 Å². The summed E-state index contributed by atoms with van der Waals surface area (Å²) in [6.07, 6.45) is 3.38. The van der Waals surface area contributed by atoms with Crippen LogP contribution in [0.3, 0.4) is 0 Å². The summed E-state index contributed by atoms with van der Waals surface area (Å²) in [7, 11) is 0. The van der Waals surface area contributed by atoms with E-state index >= 15 is 0 Å². The van der Waals surface area contributed by atoms with Crippen molar-refractivity contribution >= 4 is 11.8 Å². The first-order valence-corrected chi connectivity index (χ1v) is 7.03. The van der Waals surface area contributed by atoms with Crippen molar-refractivity contribution in [3.63, 3.8) is 0 Å². The lowest BCUT2D eigenvalue weighted by molar-refractivity contribution is -0.119. The van der Waals surface area contributed by atoms with Gasteiger partial charge < -0.3 is 10.6 Å². The van der Waals surface area contributed by atoms with Crippen molar-refractivity contribution in [2.75, 3.05) is 13.1 Å². The Morgan fingerprint density at radius 1 is 1.35 bits per heavy atom. The summed E-state index contributed by atoms with van der Waals surface area (Å²) in [5.41, 5.74) is 2.14. The monoisotopic (exact) mass is 276 g/mol. The molecule has 1 unspecified atom stereocenters. The lowest BCUT2D eigenvalue weighted by atomic mass is 10.1. The Hall–Kier alpha value is -1.98. The highest BCUT2D eigenvalue weighted by Gasteiger charge is 2.23. The normalized spacial score (nSPS) is 17.9. The second-order valence-electron chi connectivity index (χ2n) is 4.93. The number of rotatable bonds is 5. The fourth-order valence-electron chi connectivity index (χ4n) is 2.40. The molecule has 0 radical (unpaired) electrons. The molecule has 108 valence electrons. The van der Waals surface area contributed by atoms with Gasteiger partial charge in [0, 0.05) is 25.4 Å². The molecule has 20 heavy (non-hydrogen) atoms. The number of aromatic nitrogens is 2. The Kier molecular flexibility index (Phi) is 4.65. The van der Waals surface area contributed by atoms with E-state index in [9.17, 15) is 9.59 Å². The minimum absolute atomic E-state index is 0.0517. The summed E-state index contributed by atoms with van der Waals surface area (Å²) in [5, 5.41) is 5.66. The summed E-state index contributed by atoms with van der Waals surface area (Å²) in [5.74, 6) is 0.0840. The highest BCUT2D eigenvalue weighted by atomic mass is 16.2. The molecule has 1 aromatic heterocycles. The number of nitrogens with one attached hydrogen (secondary N) is 2. The average molecular weight is 276 g/mol. The fourth-order valence-corrected chi connectivity index (χ4v) is 2.40. The van der Waals surface area contributed by atoms with Crippen LogP contribution in [0.2, 0.25) is 0 Å². The Morgan fingerprint density at radius 2 is 2.00 bits per heavy atom. The van der Waals surface area contributed by atoms with Crippen LogP contribution in [-0.4, -0.2) is 34.9 Å². The van der Waals surface area contributed by atoms with Crippen molar-refractivity contribution in [3.05, 3.63) is 23.3 Å². The molecule has 0 bridgehead atoms. The van der Waals surface area contributed by atoms with Crippen LogP contribution in [0.4, 0.5) is 0 Å². The molecular weight excluding hydrogens is 256 g/mol. The molecule has 6 heteroatoms. The molecule has 1 saturated heterocycles. The lowest BCUT2D eigenvalue weighted by Crippen LogP contribution is -2.32. The van der Waals surface area contributed by atoms with Crippen LogP contribution in [-0.2, 0) is 17.6 Å². The maximum absolute atomic E-state index is 12.3. The first kappa shape index (κ1) is 14.4. The number of nitrogens with zero attached hydrogens (tertiary/aromatic N) is 2. The van der Waals surface area contributed by atoms with Crippen LogP contribution >= 0.6 is 0 Å². The molecule has 1 aliphatic rings. The van der Waals surface area contributed by atoms with Crippen molar-refractivity contribution < 1.29 is 9.59 Å². The summed E-state index contributed by atoms with van der Waals surface area (Å²) in [6.45, 7) is 5.07. The first-order chi connectivity index (χ1) is 9.65. The van der Waals surface area contributed by atoms with Crippen molar-refractivity contribution in [1.82, 2.24) is 20.6 Å². The maximum atomic E-state index is 12.3. The first-order valence-electron chi connectivity index (χ1n) is 7.03. The van der Waals surface area contributed by atoms with Crippen molar-refractivity contribution in [2.45, 2.75) is 33.1 Å². The van der Waals surface area contributed by atoms with Gasteiger partial charge in [0.05, 0.1) is 17.0 Å². The number of carbonyl (C=O) groups excluding carboxylic acids is 2. The Bertz CT molecular complexity index is 494. The van der Waals surface area contributed by atoms with Crippen LogP contribution in [0.5, 0.6) is 0 Å². The highest BCUT2D eigenvalue weighted by molar-refractivity contribution is 5.96. The minimum Gasteiger partial charge on any atom is -0.356 e. The summed E-state index contributed by atoms with van der Waals surface area (Å²) in [4.78, 5) is 31.8. The molecule has 0 spiro atoms. The second kappa shape index (κ2) is 6.45. The van der Waals surface area contributed by atoms with E-state index in [-0.39, 0.29) is 17.7 Å². The van der Waals surface area contributed by atoms with Gasteiger partial charge in [-0.15, -0.1) is 0 Å². The molecular formula is C14H20N4O2. The molecule has 1 atom stereocenters. The largest absolute Gasteiger partial charge is 0.356 e. The third-order valence-corrected chi connectivity index (χ3v) is 3.51. The maximum Gasteiger partial charge on any atom is 0.255 e. The van der Waals surface area contributed by atoms with Gasteiger partial charge >= 0.3 is 0 Å². The number of hydrogen-bond donors (Lipinski definition) is 2. The van der Waals surface area contributed by atoms with Crippen molar-refractivity contribution in [1.29, 1.82) is 0 Å². The van der Waals surface area contributed by atoms with Crippen LogP contribution in [0.1, 0.15) is 42.0 Å². The quantitative estimate of drug-likeness (QED) is 0.818. The SMILES string of the molecule is CCc1ncnc(CC)c1C(=O)NCC1CNC(=O)C1. The van der Waals surface area contributed by atoms with E-state index in [4.69, 9.17) is 0 Å². The topological polar surface area (TPSA) is 84.0 Å². The van der Waals surface area contributed by atoms with Gasteiger partial charge in [0.1, 0.15) is 6.33 Å². The van der Waals surface area contributed by atoms with Crippen LogP contribution < -0.4 is 10.6 Å². The Labute approximate surface area is 118 Å². The molecule has 0 saturated carbocycles. The summed E-state index contributed by atoms with van der Waals surface area (Å²) in [6, 6.07) is 0. The molecule has 0 aliphatic carbocycles. The van der Waals surface area contributed by atoms with Gasteiger partial charge in [-0.2, -0.15) is 0 Å². The van der Waals surface area contributed by atoms with Crippen molar-refractivity contribution in [3.8, 4) is 0 Å². The standard InChI is InChI=1S/C14H20N4O2/c1-3-10-13(11(4-2)18-8-17-10)14(20)16-7-9-5-12(19)15-6-9/h8-9H,3-7H2,1-2H3,(H,15,19)(H,16,20). The Balaban J connectivity index is 2.06. The van der Waals surface area contributed by atoms with Crippen molar-refractivity contribution in [2.24, 2.45) is 5.92 Å². The molecule has 2 amide bonds. The Morgan fingerprint density at radius 3 is 2.50 bits per heavy atom. The van der Waals surface area contributed by atoms with Crippen LogP contribution in [0.15, 0.2) is 6.33 Å². The average Bonchev–Trinajstić information content (AvgIpc) is 2.89. The molecule has 2 N–H and O–H groups in total. The molecule has 6 nitrogen and oxygen atoms in total. The predicted octanol–water partition coefficient (Wildman–Crippen LogP) is 0.467. The molecule has 1 fully saturated rings. The third-order valence-electron chi connectivity index (χ3n) is 3.51. The number of carbonyl (C=O) groups is 2. The molecule has 1 aromatic rings. The zero-order valence-electron chi connectivity index (χ0n) is 11.9. The molecule has 2 rings (SSSR count). The van der Waals surface area contributed by atoms with Gasteiger partial charge in [-0.1, -0.05) is 13.8 Å². The zero-order chi connectivity index (χ0) is 14.5. The van der Waals surface area contributed by atoms with Gasteiger partial charge in [-0.05, 0) is 12.8 Å². The van der Waals surface area contributed by atoms with E-state index in [0.29, 0.717) is 37.9 Å². The van der Waals surface area contributed by atoms with Gasteiger partial charge in [0.25, 0.3) is 5.91 Å². The minimum atomic E-state index is -0.140. The van der Waals surface area contributed by atoms with Gasteiger partial charge in [-0.25, -0.2) is 9.97 Å². The van der Waals surface area contributed by atoms with E-state index in [1.54, 1.807) is 0 Å². The van der Waals surface area contributed by atoms with Crippen LogP contribution in [0, 0.1) is 5.92 Å². The third kappa shape index (κ3) is 3.12. The summed E-state index contributed by atoms with van der Waals surface area (Å²) >= 11 is 0. The fraction of sp³-hybridized carbons (Fsp3) is 0.571. The second-order valence-corrected chi connectivity index (χ2v) is 4.93. The summed E-state index contributed by atoms with van der Waals surface area (Å²) < 4.78 is 0. The molecule has 2 heterocycles. The smallest absolute Gasteiger partial charge is 0.255 e. The molecule has 1 aliphatic heterocycles. The van der Waals surface area contributed by atoms with E-state index in [1.807, 2.05) is 13.8 Å². The van der Waals surface area contributed by atoms with E-state index < -0.39 is 0 Å². The highest BCUT2D eigenvalue weighted by Crippen LogP contribution is 2.13. The van der Waals surface area contributed by atoms with Crippen LogP contribution in [0.25, 0.3) is 0 Å². The zero-order valence-corrected chi connectivity index (χ0v) is 11.9. The van der Waals surface area contributed by atoms with Gasteiger partial charge in [-0.3, -0.25) is 9.59 Å². The number of amides is 2. The van der Waals surface area contributed by atoms with Gasteiger partial charge in [0.2, 0.25) is 5.91 Å². The molecule has 0 aromatic carbocycles. The predicted molar refractivity (Wildman–Crippen MR) is 74.2 cm³/mol.